The van der Waals surface area contributed by atoms with Crippen LogP contribution in [0.4, 0.5) is 0 Å². The molecular formula is C12H26N4O2S. The number of likely N-dealkylation sites (N-methyl/N-ethyl adjacent to an activating group) is 1. The van der Waals surface area contributed by atoms with E-state index >= 15 is 0 Å². The maximum Gasteiger partial charge on any atom is 0.224 e. The van der Waals surface area contributed by atoms with Gasteiger partial charge in [-0.1, -0.05) is 0 Å². The second-order valence-corrected chi connectivity index (χ2v) is 7.46. The third-order valence-corrected chi connectivity index (χ3v) is 4.98. The Morgan fingerprint density at radius 1 is 1.11 bits per heavy atom. The highest BCUT2D eigenvalue weighted by atomic mass is 32.2. The number of hydrazine groups is 1. The Bertz CT molecular complexity index is 362. The summed E-state index contributed by atoms with van der Waals surface area (Å²) in [6, 6.07) is 0.708. The molecule has 2 aliphatic rings. The SMILES string of the molecule is CN1CCN(NS(=O)(=O)CCCCNC2CC2)CC1. The van der Waals surface area contributed by atoms with E-state index in [0.29, 0.717) is 6.04 Å². The Kier molecular flexibility index (Phi) is 5.58. The van der Waals surface area contributed by atoms with Crippen LogP contribution >= 0.6 is 0 Å². The number of nitrogens with zero attached hydrogens (tertiary/aromatic N) is 2. The van der Waals surface area contributed by atoms with Gasteiger partial charge in [0.15, 0.2) is 0 Å². The number of rotatable bonds is 8. The summed E-state index contributed by atoms with van der Waals surface area (Å²) in [5.74, 6) is 0.228. The van der Waals surface area contributed by atoms with Crippen molar-refractivity contribution < 1.29 is 8.42 Å². The van der Waals surface area contributed by atoms with Crippen LogP contribution in [0.15, 0.2) is 0 Å². The van der Waals surface area contributed by atoms with Crippen molar-refractivity contribution in [3.05, 3.63) is 0 Å². The van der Waals surface area contributed by atoms with Gasteiger partial charge >= 0.3 is 0 Å². The van der Waals surface area contributed by atoms with Crippen LogP contribution in [0, 0.1) is 0 Å². The molecule has 0 unspecified atom stereocenters. The highest BCUT2D eigenvalue weighted by Gasteiger charge is 2.21. The molecule has 1 heterocycles. The second-order valence-electron chi connectivity index (χ2n) is 5.64. The van der Waals surface area contributed by atoms with Crippen molar-refractivity contribution >= 4 is 10.0 Å². The average Bonchev–Trinajstić information content (AvgIpc) is 3.15. The van der Waals surface area contributed by atoms with E-state index in [1.54, 1.807) is 0 Å². The van der Waals surface area contributed by atoms with Gasteiger partial charge in [0.25, 0.3) is 0 Å². The molecule has 6 nitrogen and oxygen atoms in total. The van der Waals surface area contributed by atoms with E-state index in [1.807, 2.05) is 5.01 Å². The minimum atomic E-state index is -3.15. The molecule has 0 spiro atoms. The summed E-state index contributed by atoms with van der Waals surface area (Å²) >= 11 is 0. The predicted molar refractivity (Wildman–Crippen MR) is 76.3 cm³/mol. The van der Waals surface area contributed by atoms with E-state index in [0.717, 1.165) is 45.6 Å². The predicted octanol–water partition coefficient (Wildman–Crippen LogP) is -0.400. The molecule has 0 aromatic rings. The maximum absolute atomic E-state index is 11.9. The lowest BCUT2D eigenvalue weighted by Gasteiger charge is -2.32. The second kappa shape index (κ2) is 6.99. The number of sulfonamides is 1. The molecule has 1 aliphatic carbocycles. The van der Waals surface area contributed by atoms with Crippen LogP contribution < -0.4 is 10.1 Å². The molecule has 0 amide bonds. The molecule has 2 rings (SSSR count). The molecule has 0 radical (unpaired) electrons. The van der Waals surface area contributed by atoms with Crippen molar-refractivity contribution in [1.29, 1.82) is 0 Å². The summed E-state index contributed by atoms with van der Waals surface area (Å²) in [5, 5.41) is 5.22. The molecular weight excluding hydrogens is 264 g/mol. The lowest BCUT2D eigenvalue weighted by atomic mass is 10.3. The minimum Gasteiger partial charge on any atom is -0.314 e. The molecule has 0 bridgehead atoms. The van der Waals surface area contributed by atoms with Gasteiger partial charge in [-0.15, -0.1) is 4.83 Å². The van der Waals surface area contributed by atoms with Gasteiger partial charge in [-0.05, 0) is 39.3 Å². The van der Waals surface area contributed by atoms with Gasteiger partial charge in [-0.3, -0.25) is 0 Å². The topological polar surface area (TPSA) is 64.7 Å². The zero-order valence-electron chi connectivity index (χ0n) is 11.8. The third-order valence-electron chi connectivity index (χ3n) is 3.62. The fourth-order valence-electron chi connectivity index (χ4n) is 2.15. The van der Waals surface area contributed by atoms with Crippen LogP contribution in [-0.4, -0.2) is 69.9 Å². The third kappa shape index (κ3) is 6.18. The molecule has 1 saturated carbocycles. The molecule has 2 N–H and O–H groups in total. The van der Waals surface area contributed by atoms with Crippen molar-refractivity contribution in [3.8, 4) is 0 Å². The normalized spacial score (nSPS) is 22.8. The number of nitrogens with one attached hydrogen (secondary N) is 2. The number of hydrogen-bond donors (Lipinski definition) is 2. The fraction of sp³-hybridized carbons (Fsp3) is 1.00. The fourth-order valence-corrected chi connectivity index (χ4v) is 3.40. The first-order valence-corrected chi connectivity index (χ1v) is 8.87. The Hall–Kier alpha value is -0.210. The lowest BCUT2D eigenvalue weighted by Crippen LogP contribution is -2.52. The highest BCUT2D eigenvalue weighted by molar-refractivity contribution is 7.89. The van der Waals surface area contributed by atoms with Crippen molar-refractivity contribution in [2.75, 3.05) is 45.5 Å². The van der Waals surface area contributed by atoms with E-state index in [2.05, 4.69) is 22.1 Å². The Labute approximate surface area is 116 Å². The largest absolute Gasteiger partial charge is 0.314 e. The Balaban J connectivity index is 1.57. The lowest BCUT2D eigenvalue weighted by molar-refractivity contribution is 0.135. The van der Waals surface area contributed by atoms with Gasteiger partial charge in [0.05, 0.1) is 5.75 Å². The average molecular weight is 290 g/mol. The van der Waals surface area contributed by atoms with Gasteiger partial charge in [0.2, 0.25) is 10.0 Å². The molecule has 2 fully saturated rings. The summed E-state index contributed by atoms with van der Waals surface area (Å²) in [6.45, 7) is 4.29. The molecule has 1 aliphatic heterocycles. The monoisotopic (exact) mass is 290 g/mol. The van der Waals surface area contributed by atoms with Gasteiger partial charge in [-0.25, -0.2) is 13.4 Å². The smallest absolute Gasteiger partial charge is 0.224 e. The summed E-state index contributed by atoms with van der Waals surface area (Å²) < 4.78 is 23.8. The van der Waals surface area contributed by atoms with Crippen molar-refractivity contribution in [2.45, 2.75) is 31.7 Å². The number of piperazine rings is 1. The van der Waals surface area contributed by atoms with Gasteiger partial charge in [0.1, 0.15) is 0 Å². The van der Waals surface area contributed by atoms with Gasteiger partial charge in [0, 0.05) is 32.2 Å². The van der Waals surface area contributed by atoms with Crippen LogP contribution in [0.3, 0.4) is 0 Å². The first kappa shape index (κ1) is 15.2. The molecule has 0 aromatic heterocycles. The van der Waals surface area contributed by atoms with E-state index < -0.39 is 10.0 Å². The highest BCUT2D eigenvalue weighted by Crippen LogP contribution is 2.18. The van der Waals surface area contributed by atoms with Crippen LogP contribution in [0.25, 0.3) is 0 Å². The molecule has 1 saturated heterocycles. The Morgan fingerprint density at radius 3 is 2.42 bits per heavy atom. The standard InChI is InChI=1S/C12H26N4O2S/c1-15-7-9-16(10-8-15)14-19(17,18)11-3-2-6-13-12-4-5-12/h12-14H,2-11H2,1H3. The molecule has 112 valence electrons. The Morgan fingerprint density at radius 2 is 1.79 bits per heavy atom. The zero-order chi connectivity index (χ0) is 13.7. The summed E-state index contributed by atoms with van der Waals surface area (Å²) in [6.07, 6.45) is 4.22. The van der Waals surface area contributed by atoms with E-state index in [4.69, 9.17) is 0 Å². The number of hydrogen-bond acceptors (Lipinski definition) is 5. The van der Waals surface area contributed by atoms with Gasteiger partial charge < -0.3 is 10.2 Å². The van der Waals surface area contributed by atoms with Crippen molar-refractivity contribution in [3.63, 3.8) is 0 Å². The number of unbranched alkanes of at least 4 members (excludes halogenated alkanes) is 1. The molecule has 7 heteroatoms. The quantitative estimate of drug-likeness (QED) is 0.596. The van der Waals surface area contributed by atoms with Crippen LogP contribution in [-0.2, 0) is 10.0 Å². The first-order chi connectivity index (χ1) is 9.05. The first-order valence-electron chi connectivity index (χ1n) is 7.22. The molecule has 0 atom stereocenters. The van der Waals surface area contributed by atoms with Crippen LogP contribution in [0.1, 0.15) is 25.7 Å². The van der Waals surface area contributed by atoms with E-state index in [-0.39, 0.29) is 5.75 Å². The summed E-state index contributed by atoms with van der Waals surface area (Å²) in [4.78, 5) is 4.89. The van der Waals surface area contributed by atoms with Crippen LogP contribution in [0.2, 0.25) is 0 Å². The maximum atomic E-state index is 11.9. The van der Waals surface area contributed by atoms with E-state index in [9.17, 15) is 8.42 Å². The minimum absolute atomic E-state index is 0.228. The summed E-state index contributed by atoms with van der Waals surface area (Å²) in [7, 11) is -1.10. The van der Waals surface area contributed by atoms with Crippen molar-refractivity contribution in [2.24, 2.45) is 0 Å². The summed E-state index contributed by atoms with van der Waals surface area (Å²) in [5.41, 5.74) is 0. The van der Waals surface area contributed by atoms with Crippen LogP contribution in [0.5, 0.6) is 0 Å². The zero-order valence-corrected chi connectivity index (χ0v) is 12.6. The molecule has 19 heavy (non-hydrogen) atoms. The van der Waals surface area contributed by atoms with Crippen molar-refractivity contribution in [1.82, 2.24) is 20.1 Å². The van der Waals surface area contributed by atoms with Gasteiger partial charge in [-0.2, -0.15) is 0 Å². The van der Waals surface area contributed by atoms with E-state index in [1.165, 1.54) is 12.8 Å². The molecule has 0 aromatic carbocycles.